The van der Waals surface area contributed by atoms with E-state index in [0.717, 1.165) is 37.7 Å². The van der Waals surface area contributed by atoms with Gasteiger partial charge in [-0.2, -0.15) is 0 Å². The monoisotopic (exact) mass is 420 g/mol. The van der Waals surface area contributed by atoms with Crippen LogP contribution in [-0.2, 0) is 26.5 Å². The fourth-order valence-corrected chi connectivity index (χ4v) is 6.79. The van der Waals surface area contributed by atoms with Gasteiger partial charge in [-0.15, -0.1) is 0 Å². The number of anilines is 1. The van der Waals surface area contributed by atoms with E-state index < -0.39 is 20.0 Å². The quantitative estimate of drug-likeness (QED) is 0.806. The highest BCUT2D eigenvalue weighted by atomic mass is 32.2. The van der Waals surface area contributed by atoms with Crippen molar-refractivity contribution in [3.05, 3.63) is 54.1 Å². The van der Waals surface area contributed by atoms with Crippen LogP contribution >= 0.6 is 0 Å². The van der Waals surface area contributed by atoms with Gasteiger partial charge in [0, 0.05) is 12.6 Å². The summed E-state index contributed by atoms with van der Waals surface area (Å²) in [6.45, 7) is 0.394. The molecule has 0 spiro atoms. The van der Waals surface area contributed by atoms with E-state index >= 15 is 0 Å². The molecule has 0 amide bonds. The molecular weight excluding hydrogens is 396 g/mol. The van der Waals surface area contributed by atoms with Gasteiger partial charge in [-0.3, -0.25) is 4.31 Å². The first-order valence-corrected chi connectivity index (χ1v) is 12.5. The summed E-state index contributed by atoms with van der Waals surface area (Å²) in [7, 11) is -7.37. The van der Waals surface area contributed by atoms with Crippen molar-refractivity contribution in [2.75, 3.05) is 10.8 Å². The zero-order valence-corrected chi connectivity index (χ0v) is 17.2. The number of sulfonamides is 2. The maximum absolute atomic E-state index is 13.0. The number of hydrogen-bond donors (Lipinski definition) is 1. The normalized spacial score (nSPS) is 18.2. The summed E-state index contributed by atoms with van der Waals surface area (Å²) in [5, 5.41) is 0. The van der Waals surface area contributed by atoms with E-state index in [1.165, 1.54) is 28.6 Å². The van der Waals surface area contributed by atoms with Gasteiger partial charge in [0.05, 0.1) is 15.5 Å². The standard InChI is InChI=1S/C20H24N2O4S2/c23-27(24,21-17-7-2-1-3-8-17)18-10-12-19(13-11-18)28(25,26)22-15-14-16-6-4-5-9-20(16)22/h4-6,9-13,17,21H,1-3,7-8,14-15H2. The lowest BCUT2D eigenvalue weighted by Crippen LogP contribution is -2.36. The van der Waals surface area contributed by atoms with E-state index in [0.29, 0.717) is 18.7 Å². The molecule has 1 aliphatic heterocycles. The van der Waals surface area contributed by atoms with Gasteiger partial charge in [-0.25, -0.2) is 21.6 Å². The third kappa shape index (κ3) is 3.68. The Morgan fingerprint density at radius 2 is 1.46 bits per heavy atom. The minimum Gasteiger partial charge on any atom is -0.266 e. The van der Waals surface area contributed by atoms with Gasteiger partial charge in [0.25, 0.3) is 10.0 Å². The van der Waals surface area contributed by atoms with E-state index in [2.05, 4.69) is 4.72 Å². The molecular formula is C20H24N2O4S2. The van der Waals surface area contributed by atoms with Crippen molar-refractivity contribution in [3.8, 4) is 0 Å². The predicted molar refractivity (Wildman–Crippen MR) is 108 cm³/mol. The lowest BCUT2D eigenvalue weighted by atomic mass is 9.96. The Kier molecular flexibility index (Phi) is 5.20. The highest BCUT2D eigenvalue weighted by molar-refractivity contribution is 7.93. The molecule has 0 unspecified atom stereocenters. The largest absolute Gasteiger partial charge is 0.266 e. The first-order valence-electron chi connectivity index (χ1n) is 9.61. The molecule has 0 aromatic heterocycles. The molecule has 2 aliphatic rings. The Morgan fingerprint density at radius 1 is 0.821 bits per heavy atom. The molecule has 28 heavy (non-hydrogen) atoms. The molecule has 4 rings (SSSR count). The maximum Gasteiger partial charge on any atom is 0.264 e. The Hall–Kier alpha value is -1.90. The molecule has 1 N–H and O–H groups in total. The summed E-state index contributed by atoms with van der Waals surface area (Å²) in [6, 6.07) is 12.9. The van der Waals surface area contributed by atoms with Crippen LogP contribution < -0.4 is 9.03 Å². The summed E-state index contributed by atoms with van der Waals surface area (Å²) < 4.78 is 55.4. The van der Waals surface area contributed by atoms with Gasteiger partial charge >= 0.3 is 0 Å². The SMILES string of the molecule is O=S(=O)(NC1CCCCC1)c1ccc(S(=O)(=O)N2CCc3ccccc32)cc1. The second-order valence-electron chi connectivity index (χ2n) is 7.38. The van der Waals surface area contributed by atoms with Gasteiger partial charge in [0.2, 0.25) is 10.0 Å². The third-order valence-electron chi connectivity index (χ3n) is 5.49. The lowest BCUT2D eigenvalue weighted by molar-refractivity contribution is 0.412. The van der Waals surface area contributed by atoms with E-state index in [9.17, 15) is 16.8 Å². The molecule has 0 atom stereocenters. The molecule has 1 aliphatic carbocycles. The van der Waals surface area contributed by atoms with Crippen molar-refractivity contribution in [1.82, 2.24) is 4.72 Å². The van der Waals surface area contributed by atoms with E-state index in [-0.39, 0.29) is 15.8 Å². The van der Waals surface area contributed by atoms with Crippen LogP contribution in [0.3, 0.4) is 0 Å². The number of para-hydroxylation sites is 1. The molecule has 6 nitrogen and oxygen atoms in total. The maximum atomic E-state index is 13.0. The van der Waals surface area contributed by atoms with Gasteiger partial charge < -0.3 is 0 Å². The van der Waals surface area contributed by atoms with Crippen LogP contribution in [0.15, 0.2) is 58.3 Å². The molecule has 0 bridgehead atoms. The molecule has 1 heterocycles. The van der Waals surface area contributed by atoms with Crippen LogP contribution in [0.4, 0.5) is 5.69 Å². The summed E-state index contributed by atoms with van der Waals surface area (Å²) in [6.07, 6.45) is 5.57. The predicted octanol–water partition coefficient (Wildman–Crippen LogP) is 3.05. The topological polar surface area (TPSA) is 83.5 Å². The van der Waals surface area contributed by atoms with Gasteiger partial charge in [0.1, 0.15) is 0 Å². The van der Waals surface area contributed by atoms with Crippen LogP contribution in [0, 0.1) is 0 Å². The zero-order valence-electron chi connectivity index (χ0n) is 15.5. The van der Waals surface area contributed by atoms with Crippen molar-refractivity contribution >= 4 is 25.7 Å². The van der Waals surface area contributed by atoms with E-state index in [1.54, 1.807) is 6.07 Å². The average Bonchev–Trinajstić information content (AvgIpc) is 3.13. The number of nitrogens with one attached hydrogen (secondary N) is 1. The highest BCUT2D eigenvalue weighted by Crippen LogP contribution is 2.32. The molecule has 8 heteroatoms. The molecule has 1 saturated carbocycles. The van der Waals surface area contributed by atoms with Crippen LogP contribution in [0.2, 0.25) is 0 Å². The fourth-order valence-electron chi connectivity index (χ4n) is 3.98. The number of hydrogen-bond acceptors (Lipinski definition) is 4. The molecule has 2 aromatic rings. The average molecular weight is 421 g/mol. The molecule has 0 saturated heterocycles. The minimum absolute atomic E-state index is 0.0386. The van der Waals surface area contributed by atoms with E-state index in [4.69, 9.17) is 0 Å². The van der Waals surface area contributed by atoms with E-state index in [1.807, 2.05) is 18.2 Å². The summed E-state index contributed by atoms with van der Waals surface area (Å²) in [5.41, 5.74) is 1.69. The Labute approximate surface area is 166 Å². The minimum atomic E-state index is -3.72. The van der Waals surface area contributed by atoms with Crippen molar-refractivity contribution < 1.29 is 16.8 Å². The van der Waals surface area contributed by atoms with Crippen molar-refractivity contribution in [3.63, 3.8) is 0 Å². The van der Waals surface area contributed by atoms with Gasteiger partial charge in [-0.05, 0) is 55.2 Å². The summed E-state index contributed by atoms with van der Waals surface area (Å²) >= 11 is 0. The first-order chi connectivity index (χ1) is 13.4. The Balaban J connectivity index is 1.56. The number of benzene rings is 2. The first kappa shape index (κ1) is 19.4. The van der Waals surface area contributed by atoms with Crippen LogP contribution in [0.5, 0.6) is 0 Å². The number of rotatable bonds is 5. The van der Waals surface area contributed by atoms with Gasteiger partial charge in [-0.1, -0.05) is 37.5 Å². The Morgan fingerprint density at radius 3 is 2.18 bits per heavy atom. The smallest absolute Gasteiger partial charge is 0.264 e. The summed E-state index contributed by atoms with van der Waals surface area (Å²) in [5.74, 6) is 0. The lowest BCUT2D eigenvalue weighted by Gasteiger charge is -2.23. The molecule has 2 aromatic carbocycles. The van der Waals surface area contributed by atoms with Crippen LogP contribution in [0.25, 0.3) is 0 Å². The van der Waals surface area contributed by atoms with Crippen molar-refractivity contribution in [2.24, 2.45) is 0 Å². The van der Waals surface area contributed by atoms with Gasteiger partial charge in [0.15, 0.2) is 0 Å². The van der Waals surface area contributed by atoms with Crippen LogP contribution in [-0.4, -0.2) is 29.4 Å². The Bertz CT molecular complexity index is 1060. The zero-order chi connectivity index (χ0) is 19.8. The number of fused-ring (bicyclic) bond motifs is 1. The van der Waals surface area contributed by atoms with Crippen LogP contribution in [0.1, 0.15) is 37.7 Å². The van der Waals surface area contributed by atoms with Crippen molar-refractivity contribution in [2.45, 2.75) is 54.4 Å². The number of nitrogens with zero attached hydrogens (tertiary/aromatic N) is 1. The van der Waals surface area contributed by atoms with Crippen molar-refractivity contribution in [1.29, 1.82) is 0 Å². The molecule has 1 fully saturated rings. The molecule has 150 valence electrons. The second kappa shape index (κ2) is 7.50. The molecule has 0 radical (unpaired) electrons. The highest BCUT2D eigenvalue weighted by Gasteiger charge is 2.31. The fraction of sp³-hybridized carbons (Fsp3) is 0.400. The third-order valence-corrected chi connectivity index (χ3v) is 8.86. The summed E-state index contributed by atoms with van der Waals surface area (Å²) in [4.78, 5) is 0.194. The second-order valence-corrected chi connectivity index (χ2v) is 11.0.